The first-order valence-electron chi connectivity index (χ1n) is 12.8. The summed E-state index contributed by atoms with van der Waals surface area (Å²) >= 11 is 3.26. The first kappa shape index (κ1) is 33.0. The Morgan fingerprint density at radius 2 is 1.36 bits per heavy atom. The molecule has 2 N–H and O–H groups in total. The lowest BCUT2D eigenvalue weighted by Crippen LogP contribution is -2.39. The lowest BCUT2D eigenvalue weighted by atomic mass is 10.0. The first-order valence-corrected chi connectivity index (χ1v) is 15.5. The van der Waals surface area contributed by atoms with Crippen molar-refractivity contribution in [2.24, 2.45) is 5.92 Å². The molecule has 33 heavy (non-hydrogen) atoms. The van der Waals surface area contributed by atoms with Crippen LogP contribution in [0.5, 0.6) is 0 Å². The highest BCUT2D eigenvalue weighted by molar-refractivity contribution is 9.09. The number of amides is 1. The van der Waals surface area contributed by atoms with Crippen LogP contribution >= 0.6 is 23.8 Å². The second-order valence-corrected chi connectivity index (χ2v) is 11.0. The zero-order valence-electron chi connectivity index (χ0n) is 21.2. The molecule has 7 nitrogen and oxygen atoms in total. The van der Waals surface area contributed by atoms with Gasteiger partial charge in [0.1, 0.15) is 0 Å². The van der Waals surface area contributed by atoms with Crippen LogP contribution in [0.1, 0.15) is 104 Å². The number of carbonyl (C=O) groups excluding carboxylic acids is 1. The molecule has 0 fully saturated rings. The van der Waals surface area contributed by atoms with Gasteiger partial charge in [0.25, 0.3) is 0 Å². The highest BCUT2D eigenvalue weighted by atomic mass is 79.9. The molecular weight excluding hydrogens is 509 g/mol. The molecule has 0 aliphatic heterocycles. The van der Waals surface area contributed by atoms with Gasteiger partial charge in [0, 0.05) is 38.4 Å². The van der Waals surface area contributed by atoms with E-state index in [2.05, 4.69) is 22.9 Å². The third-order valence-electron chi connectivity index (χ3n) is 5.97. The third-order valence-corrected chi connectivity index (χ3v) is 7.15. The molecule has 0 aliphatic rings. The second-order valence-electron chi connectivity index (χ2n) is 9.12. The van der Waals surface area contributed by atoms with Gasteiger partial charge in [-0.2, -0.15) is 0 Å². The van der Waals surface area contributed by atoms with Crippen LogP contribution < -0.4 is 0 Å². The summed E-state index contributed by atoms with van der Waals surface area (Å²) in [6.45, 7) is 4.91. The molecule has 0 heterocycles. The van der Waals surface area contributed by atoms with Crippen LogP contribution in [0.15, 0.2) is 0 Å². The van der Waals surface area contributed by atoms with E-state index in [-0.39, 0.29) is 23.8 Å². The Kier molecular flexibility index (Phi) is 21.3. The molecule has 2 unspecified atom stereocenters. The van der Waals surface area contributed by atoms with Gasteiger partial charge in [-0.05, 0) is 6.42 Å². The van der Waals surface area contributed by atoms with Gasteiger partial charge in [0.15, 0.2) is 0 Å². The average molecular weight is 559 g/mol. The summed E-state index contributed by atoms with van der Waals surface area (Å²) < 4.78 is 22.0. The summed E-state index contributed by atoms with van der Waals surface area (Å²) in [6, 6.07) is 0. The minimum atomic E-state index is -4.62. The number of alkyl halides is 1. The summed E-state index contributed by atoms with van der Waals surface area (Å²) in [5.74, 6) is -0.450. The summed E-state index contributed by atoms with van der Waals surface area (Å²) in [4.78, 5) is 31.4. The zero-order valence-corrected chi connectivity index (χ0v) is 23.7. The number of carbonyl (C=O) groups is 1. The number of halogens is 1. The van der Waals surface area contributed by atoms with Gasteiger partial charge < -0.3 is 19.4 Å². The van der Waals surface area contributed by atoms with Crippen LogP contribution in [-0.2, 0) is 18.6 Å². The van der Waals surface area contributed by atoms with E-state index in [0.29, 0.717) is 13.2 Å². The topological polar surface area (TPSA) is 96.3 Å². The van der Waals surface area contributed by atoms with Gasteiger partial charge in [-0.3, -0.25) is 9.32 Å². The van der Waals surface area contributed by atoms with Gasteiger partial charge in [-0.25, -0.2) is 4.57 Å². The Morgan fingerprint density at radius 3 is 1.76 bits per heavy atom. The molecule has 0 aromatic heterocycles. The standard InChI is InChI=1S/C24H49BrNO6P/c1-4-5-6-7-8-9-10-11-12-13-14-15-16-17-18-31-21-23(20-26(3)22(2)27)24(19-25)32-33(28,29)30/h23-24H,4-21H2,1-3H3,(H2,28,29,30). The van der Waals surface area contributed by atoms with Crippen molar-refractivity contribution < 1.29 is 28.4 Å². The van der Waals surface area contributed by atoms with E-state index in [1.54, 1.807) is 7.05 Å². The van der Waals surface area contributed by atoms with Crippen LogP contribution in [0.2, 0.25) is 0 Å². The Morgan fingerprint density at radius 1 is 0.909 bits per heavy atom. The average Bonchev–Trinajstić information content (AvgIpc) is 2.75. The fourth-order valence-corrected chi connectivity index (χ4v) is 5.27. The molecule has 2 atom stereocenters. The maximum atomic E-state index is 11.6. The van der Waals surface area contributed by atoms with Crippen LogP contribution in [0, 0.1) is 5.92 Å². The number of hydrogen-bond donors (Lipinski definition) is 2. The maximum Gasteiger partial charge on any atom is 0.469 e. The molecule has 0 rings (SSSR count). The monoisotopic (exact) mass is 557 g/mol. The minimum Gasteiger partial charge on any atom is -0.381 e. The van der Waals surface area contributed by atoms with Crippen molar-refractivity contribution in [2.75, 3.05) is 32.1 Å². The number of nitrogens with zero attached hydrogens (tertiary/aromatic N) is 1. The van der Waals surface area contributed by atoms with E-state index in [1.807, 2.05) is 0 Å². The van der Waals surface area contributed by atoms with Crippen LogP contribution in [0.4, 0.5) is 0 Å². The van der Waals surface area contributed by atoms with Crippen molar-refractivity contribution in [3.8, 4) is 0 Å². The van der Waals surface area contributed by atoms with Gasteiger partial charge in [0.05, 0.1) is 12.7 Å². The summed E-state index contributed by atoms with van der Waals surface area (Å²) in [6.07, 6.45) is 17.5. The molecular formula is C24H49BrNO6P. The Labute approximate surface area is 210 Å². The molecule has 0 saturated carbocycles. The summed E-state index contributed by atoms with van der Waals surface area (Å²) in [7, 11) is -2.97. The molecule has 0 aliphatic carbocycles. The van der Waals surface area contributed by atoms with E-state index in [1.165, 1.54) is 88.9 Å². The number of ether oxygens (including phenoxy) is 1. The lowest BCUT2D eigenvalue weighted by Gasteiger charge is -2.29. The van der Waals surface area contributed by atoms with E-state index in [9.17, 15) is 19.1 Å². The van der Waals surface area contributed by atoms with Gasteiger partial charge in [-0.15, -0.1) is 0 Å². The van der Waals surface area contributed by atoms with E-state index in [4.69, 9.17) is 9.26 Å². The Hall–Kier alpha value is 0.0200. The van der Waals surface area contributed by atoms with Crippen LogP contribution in [0.25, 0.3) is 0 Å². The third kappa shape index (κ3) is 21.1. The van der Waals surface area contributed by atoms with Crippen molar-refractivity contribution >= 4 is 29.7 Å². The van der Waals surface area contributed by atoms with Crippen LogP contribution in [-0.4, -0.2) is 58.8 Å². The number of phosphoric ester groups is 1. The van der Waals surface area contributed by atoms with Crippen molar-refractivity contribution in [3.05, 3.63) is 0 Å². The van der Waals surface area contributed by atoms with Gasteiger partial charge >= 0.3 is 7.82 Å². The summed E-state index contributed by atoms with van der Waals surface area (Å²) in [5.41, 5.74) is 0. The highest BCUT2D eigenvalue weighted by Gasteiger charge is 2.30. The number of phosphoric acid groups is 1. The first-order chi connectivity index (χ1) is 15.7. The number of rotatable bonds is 23. The molecule has 0 aromatic rings. The predicted octanol–water partition coefficient (Wildman–Crippen LogP) is 6.45. The van der Waals surface area contributed by atoms with E-state index in [0.717, 1.165) is 12.8 Å². The fourth-order valence-electron chi connectivity index (χ4n) is 3.81. The predicted molar refractivity (Wildman–Crippen MR) is 139 cm³/mol. The number of unbranched alkanes of at least 4 members (excludes halogenated alkanes) is 13. The molecule has 9 heteroatoms. The van der Waals surface area contributed by atoms with Crippen molar-refractivity contribution in [1.82, 2.24) is 4.90 Å². The molecule has 198 valence electrons. The normalized spacial score (nSPS) is 13.8. The molecule has 0 aromatic carbocycles. The molecule has 1 amide bonds. The zero-order chi connectivity index (χ0) is 25.0. The highest BCUT2D eigenvalue weighted by Crippen LogP contribution is 2.39. The van der Waals surface area contributed by atoms with E-state index >= 15 is 0 Å². The van der Waals surface area contributed by atoms with E-state index < -0.39 is 13.9 Å². The second kappa shape index (κ2) is 21.3. The minimum absolute atomic E-state index is 0.114. The van der Waals surface area contributed by atoms with Gasteiger partial charge in [-0.1, -0.05) is 106 Å². The quantitative estimate of drug-likeness (QED) is 0.0850. The van der Waals surface area contributed by atoms with Crippen molar-refractivity contribution in [3.63, 3.8) is 0 Å². The van der Waals surface area contributed by atoms with Crippen LogP contribution in [0.3, 0.4) is 0 Å². The lowest BCUT2D eigenvalue weighted by molar-refractivity contribution is -0.128. The van der Waals surface area contributed by atoms with Crippen molar-refractivity contribution in [1.29, 1.82) is 0 Å². The fraction of sp³-hybridized carbons (Fsp3) is 0.958. The molecule has 0 radical (unpaired) electrons. The molecule has 0 spiro atoms. The summed E-state index contributed by atoms with van der Waals surface area (Å²) in [5, 5.41) is 0.247. The smallest absolute Gasteiger partial charge is 0.381 e. The largest absolute Gasteiger partial charge is 0.469 e. The molecule has 0 saturated heterocycles. The van der Waals surface area contributed by atoms with Crippen molar-refractivity contribution in [2.45, 2.75) is 110 Å². The Bertz CT molecular complexity index is 519. The maximum absolute atomic E-state index is 11.6. The van der Waals surface area contributed by atoms with Gasteiger partial charge in [0.2, 0.25) is 5.91 Å². The number of hydrogen-bond acceptors (Lipinski definition) is 4. The molecule has 0 bridgehead atoms. The Balaban J connectivity index is 3.90. The SMILES string of the molecule is CCCCCCCCCCCCCCCCOCC(CN(C)C(C)=O)C(CBr)OP(=O)(O)O.